The van der Waals surface area contributed by atoms with Crippen LogP contribution in [0.25, 0.3) is 0 Å². The molecule has 0 unspecified atom stereocenters. The Bertz CT molecular complexity index is 383. The Morgan fingerprint density at radius 2 is 1.95 bits per heavy atom. The first-order valence-corrected chi connectivity index (χ1v) is 6.83. The lowest BCUT2D eigenvalue weighted by Crippen LogP contribution is -2.37. The number of unbranched alkanes of at least 4 members (excludes halogenated alkanes) is 2. The zero-order chi connectivity index (χ0) is 13.2. The first-order valence-electron chi connectivity index (χ1n) is 6.45. The maximum atomic E-state index is 6.10. The van der Waals surface area contributed by atoms with Crippen molar-refractivity contribution in [1.82, 2.24) is 10.6 Å². The van der Waals surface area contributed by atoms with Gasteiger partial charge < -0.3 is 10.6 Å². The van der Waals surface area contributed by atoms with Crippen LogP contribution < -0.4 is 10.6 Å². The number of hydrogen-bond donors (Lipinski definition) is 2. The van der Waals surface area contributed by atoms with E-state index >= 15 is 0 Å². The van der Waals surface area contributed by atoms with Gasteiger partial charge in [-0.3, -0.25) is 4.99 Å². The maximum Gasteiger partial charge on any atom is 0.191 e. The van der Waals surface area contributed by atoms with Crippen LogP contribution in [0.5, 0.6) is 0 Å². The second-order valence-corrected chi connectivity index (χ2v) is 4.56. The van der Waals surface area contributed by atoms with Gasteiger partial charge in [0.2, 0.25) is 0 Å². The summed E-state index contributed by atoms with van der Waals surface area (Å²) >= 11 is 6.10. The minimum absolute atomic E-state index is 0. The Morgan fingerprint density at radius 1 is 1.21 bits per heavy atom. The summed E-state index contributed by atoms with van der Waals surface area (Å²) in [5.74, 6) is 0.825. The molecule has 2 N–H and O–H groups in total. The van der Waals surface area contributed by atoms with Crippen LogP contribution in [-0.2, 0) is 6.54 Å². The summed E-state index contributed by atoms with van der Waals surface area (Å²) in [5.41, 5.74) is 1.08. The largest absolute Gasteiger partial charge is 0.356 e. The van der Waals surface area contributed by atoms with Crippen molar-refractivity contribution in [1.29, 1.82) is 0 Å². The average molecular weight is 396 g/mol. The molecule has 5 heteroatoms. The fraction of sp³-hybridized carbons (Fsp3) is 0.500. The van der Waals surface area contributed by atoms with E-state index in [-0.39, 0.29) is 24.0 Å². The van der Waals surface area contributed by atoms with Gasteiger partial charge in [0.25, 0.3) is 0 Å². The summed E-state index contributed by atoms with van der Waals surface area (Å²) < 4.78 is 0. The summed E-state index contributed by atoms with van der Waals surface area (Å²) in [7, 11) is 1.78. The van der Waals surface area contributed by atoms with Crippen molar-refractivity contribution in [2.24, 2.45) is 4.99 Å². The molecule has 1 rings (SSSR count). The normalized spacial score (nSPS) is 10.8. The molecule has 0 bridgehead atoms. The number of rotatable bonds is 6. The second kappa shape index (κ2) is 11.3. The van der Waals surface area contributed by atoms with Crippen LogP contribution in [-0.4, -0.2) is 19.6 Å². The molecule has 0 aliphatic rings. The molecule has 3 nitrogen and oxygen atoms in total. The number of nitrogens with one attached hydrogen (secondary N) is 2. The Kier molecular flexibility index (Phi) is 11.1. The van der Waals surface area contributed by atoms with Crippen molar-refractivity contribution in [2.75, 3.05) is 13.6 Å². The minimum atomic E-state index is 0. The maximum absolute atomic E-state index is 6.10. The lowest BCUT2D eigenvalue weighted by atomic mass is 10.2. The molecule has 1 aromatic carbocycles. The smallest absolute Gasteiger partial charge is 0.191 e. The van der Waals surface area contributed by atoms with E-state index in [9.17, 15) is 0 Å². The molecule has 108 valence electrons. The quantitative estimate of drug-likeness (QED) is 0.332. The highest BCUT2D eigenvalue weighted by Gasteiger charge is 2.00. The third kappa shape index (κ3) is 7.62. The van der Waals surface area contributed by atoms with Crippen molar-refractivity contribution < 1.29 is 0 Å². The number of nitrogens with zero attached hydrogens (tertiary/aromatic N) is 1. The summed E-state index contributed by atoms with van der Waals surface area (Å²) in [5, 5.41) is 7.33. The van der Waals surface area contributed by atoms with Crippen LogP contribution >= 0.6 is 35.6 Å². The van der Waals surface area contributed by atoms with E-state index in [1.165, 1.54) is 19.3 Å². The lowest BCUT2D eigenvalue weighted by Gasteiger charge is -2.12. The van der Waals surface area contributed by atoms with E-state index in [4.69, 9.17) is 11.6 Å². The van der Waals surface area contributed by atoms with Crippen molar-refractivity contribution in [2.45, 2.75) is 32.7 Å². The number of hydrogen-bond acceptors (Lipinski definition) is 1. The predicted octanol–water partition coefficient (Wildman–Crippen LogP) is 3.81. The zero-order valence-electron chi connectivity index (χ0n) is 11.6. The molecule has 0 spiro atoms. The minimum Gasteiger partial charge on any atom is -0.356 e. The van der Waals surface area contributed by atoms with E-state index < -0.39 is 0 Å². The third-order valence-electron chi connectivity index (χ3n) is 2.70. The monoisotopic (exact) mass is 395 g/mol. The van der Waals surface area contributed by atoms with Crippen LogP contribution in [0.1, 0.15) is 31.7 Å². The predicted molar refractivity (Wildman–Crippen MR) is 94.6 cm³/mol. The van der Waals surface area contributed by atoms with Crippen LogP contribution in [0, 0.1) is 0 Å². The topological polar surface area (TPSA) is 36.4 Å². The van der Waals surface area contributed by atoms with E-state index in [2.05, 4.69) is 22.5 Å². The first-order chi connectivity index (χ1) is 8.77. The first kappa shape index (κ1) is 18.5. The molecule has 0 saturated heterocycles. The van der Waals surface area contributed by atoms with Gasteiger partial charge in [0.1, 0.15) is 0 Å². The number of aliphatic imine (C=N–C) groups is 1. The molecule has 0 aliphatic carbocycles. The van der Waals surface area contributed by atoms with Gasteiger partial charge in [-0.25, -0.2) is 0 Å². The fourth-order valence-corrected chi connectivity index (χ4v) is 1.83. The molecule has 0 amide bonds. The van der Waals surface area contributed by atoms with Gasteiger partial charge in [-0.05, 0) is 18.1 Å². The Hall–Kier alpha value is -0.490. The van der Waals surface area contributed by atoms with Gasteiger partial charge in [-0.1, -0.05) is 49.6 Å². The Labute approximate surface area is 138 Å². The SMILES string of the molecule is CCCCCNC(=NC)NCc1ccccc1Cl.I. The molecule has 0 radical (unpaired) electrons. The molecule has 0 heterocycles. The zero-order valence-corrected chi connectivity index (χ0v) is 14.7. The molecule has 0 aromatic heterocycles. The van der Waals surface area contributed by atoms with E-state index in [0.29, 0.717) is 6.54 Å². The lowest BCUT2D eigenvalue weighted by molar-refractivity contribution is 0.683. The highest BCUT2D eigenvalue weighted by atomic mass is 127. The standard InChI is InChI=1S/C14H22ClN3.HI/c1-3-4-7-10-17-14(16-2)18-11-12-8-5-6-9-13(12)15;/h5-6,8-9H,3-4,7,10-11H2,1-2H3,(H2,16,17,18);1H. The van der Waals surface area contributed by atoms with Crippen LogP contribution in [0.4, 0.5) is 0 Å². The van der Waals surface area contributed by atoms with E-state index in [0.717, 1.165) is 23.1 Å². The van der Waals surface area contributed by atoms with Crippen LogP contribution in [0.15, 0.2) is 29.3 Å². The summed E-state index contributed by atoms with van der Waals surface area (Å²) in [6, 6.07) is 7.83. The molecule has 1 aromatic rings. The Balaban J connectivity index is 0.00000324. The van der Waals surface area contributed by atoms with Gasteiger partial charge in [0.15, 0.2) is 5.96 Å². The van der Waals surface area contributed by atoms with E-state index in [1.54, 1.807) is 7.05 Å². The van der Waals surface area contributed by atoms with Gasteiger partial charge in [-0.15, -0.1) is 24.0 Å². The average Bonchev–Trinajstić information content (AvgIpc) is 2.40. The van der Waals surface area contributed by atoms with Crippen molar-refractivity contribution >= 4 is 41.5 Å². The van der Waals surface area contributed by atoms with Crippen molar-refractivity contribution in [3.05, 3.63) is 34.9 Å². The highest BCUT2D eigenvalue weighted by Crippen LogP contribution is 2.14. The summed E-state index contributed by atoms with van der Waals surface area (Å²) in [4.78, 5) is 4.18. The molecular weight excluding hydrogens is 373 g/mol. The Morgan fingerprint density at radius 3 is 2.58 bits per heavy atom. The van der Waals surface area contributed by atoms with Gasteiger partial charge in [-0.2, -0.15) is 0 Å². The second-order valence-electron chi connectivity index (χ2n) is 4.15. The highest BCUT2D eigenvalue weighted by molar-refractivity contribution is 14.0. The van der Waals surface area contributed by atoms with Gasteiger partial charge in [0.05, 0.1) is 0 Å². The number of guanidine groups is 1. The molecule has 0 fully saturated rings. The summed E-state index contributed by atoms with van der Waals surface area (Å²) in [6.45, 7) is 3.84. The summed E-state index contributed by atoms with van der Waals surface area (Å²) in [6.07, 6.45) is 3.64. The molecule has 19 heavy (non-hydrogen) atoms. The van der Waals surface area contributed by atoms with Crippen LogP contribution in [0.3, 0.4) is 0 Å². The molecule has 0 atom stereocenters. The van der Waals surface area contributed by atoms with Crippen molar-refractivity contribution in [3.8, 4) is 0 Å². The fourth-order valence-electron chi connectivity index (χ4n) is 1.62. The van der Waals surface area contributed by atoms with Gasteiger partial charge in [0, 0.05) is 25.2 Å². The van der Waals surface area contributed by atoms with Crippen LogP contribution in [0.2, 0.25) is 5.02 Å². The third-order valence-corrected chi connectivity index (χ3v) is 3.07. The number of benzene rings is 1. The van der Waals surface area contributed by atoms with Gasteiger partial charge >= 0.3 is 0 Å². The van der Waals surface area contributed by atoms with Crippen molar-refractivity contribution in [3.63, 3.8) is 0 Å². The molecule has 0 saturated carbocycles. The molecule has 0 aliphatic heterocycles. The van der Waals surface area contributed by atoms with E-state index in [1.807, 2.05) is 24.3 Å². The number of halogens is 2. The molecular formula is C14H23ClIN3.